The highest BCUT2D eigenvalue weighted by atomic mass is 32.2. The van der Waals surface area contributed by atoms with Crippen LogP contribution in [0, 0.1) is 0 Å². The molecule has 1 N–H and O–H groups in total. The molecule has 8 nitrogen and oxygen atoms in total. The molecule has 0 saturated heterocycles. The fourth-order valence-electron chi connectivity index (χ4n) is 3.68. The lowest BCUT2D eigenvalue weighted by atomic mass is 10.2. The molecule has 3 aromatic carbocycles. The van der Waals surface area contributed by atoms with Crippen molar-refractivity contribution in [3.05, 3.63) is 89.5 Å². The minimum atomic E-state index is -3.85. The predicted octanol–water partition coefficient (Wildman–Crippen LogP) is 2.92. The van der Waals surface area contributed by atoms with Crippen LogP contribution >= 0.6 is 0 Å². The van der Waals surface area contributed by atoms with Crippen molar-refractivity contribution < 1.29 is 27.5 Å². The molecule has 0 saturated carbocycles. The summed E-state index contributed by atoms with van der Waals surface area (Å²) in [5.41, 5.74) is 2.52. The van der Waals surface area contributed by atoms with Gasteiger partial charge >= 0.3 is 5.97 Å². The van der Waals surface area contributed by atoms with Gasteiger partial charge < -0.3 is 14.8 Å². The number of anilines is 1. The predicted molar refractivity (Wildman–Crippen MR) is 126 cm³/mol. The van der Waals surface area contributed by atoms with Crippen molar-refractivity contribution in [3.8, 4) is 5.75 Å². The largest absolute Gasteiger partial charge is 0.497 e. The van der Waals surface area contributed by atoms with Crippen LogP contribution in [0.25, 0.3) is 0 Å². The number of carbonyl (C=O) groups is 2. The molecule has 1 aliphatic rings. The number of hydrogen-bond acceptors (Lipinski definition) is 6. The molecule has 0 aliphatic carbocycles. The fourth-order valence-corrected chi connectivity index (χ4v) is 5.23. The number of carbonyl (C=O) groups excluding carboxylic acids is 2. The molecule has 1 amide bonds. The second kappa shape index (κ2) is 9.96. The Kier molecular flexibility index (Phi) is 6.83. The average Bonchev–Trinajstić information content (AvgIpc) is 3.31. The summed E-state index contributed by atoms with van der Waals surface area (Å²) in [6, 6.07) is 20.2. The number of nitrogens with zero attached hydrogens (tertiary/aromatic N) is 1. The van der Waals surface area contributed by atoms with E-state index in [4.69, 9.17) is 9.47 Å². The van der Waals surface area contributed by atoms with E-state index >= 15 is 0 Å². The maximum absolute atomic E-state index is 13.2. The summed E-state index contributed by atoms with van der Waals surface area (Å²) in [5.74, 6) is -0.540. The first-order valence-corrected chi connectivity index (χ1v) is 12.1. The molecule has 0 spiro atoms. The summed E-state index contributed by atoms with van der Waals surface area (Å²) < 4.78 is 37.9. The Bertz CT molecular complexity index is 1300. The van der Waals surface area contributed by atoms with Gasteiger partial charge in [0.05, 0.1) is 23.3 Å². The van der Waals surface area contributed by atoms with Gasteiger partial charge in [0.2, 0.25) is 0 Å². The number of amides is 1. The van der Waals surface area contributed by atoms with Gasteiger partial charge in [0, 0.05) is 13.1 Å². The molecular formula is C25H24N2O6S. The van der Waals surface area contributed by atoms with Crippen molar-refractivity contribution in [1.82, 2.24) is 5.32 Å². The lowest BCUT2D eigenvalue weighted by Crippen LogP contribution is -2.29. The Hall–Kier alpha value is -3.85. The van der Waals surface area contributed by atoms with Crippen molar-refractivity contribution in [3.63, 3.8) is 0 Å². The molecule has 0 aromatic heterocycles. The van der Waals surface area contributed by atoms with E-state index < -0.39 is 28.5 Å². The number of methoxy groups -OCH3 is 1. The summed E-state index contributed by atoms with van der Waals surface area (Å²) >= 11 is 0. The summed E-state index contributed by atoms with van der Waals surface area (Å²) in [6.45, 7) is 0.127. The number of rotatable bonds is 8. The normalized spacial score (nSPS) is 12.7. The first kappa shape index (κ1) is 23.3. The molecule has 176 valence electrons. The third-order valence-corrected chi connectivity index (χ3v) is 7.29. The van der Waals surface area contributed by atoms with Crippen LogP contribution in [-0.4, -0.2) is 40.6 Å². The molecule has 34 heavy (non-hydrogen) atoms. The van der Waals surface area contributed by atoms with Gasteiger partial charge in [-0.1, -0.05) is 36.4 Å². The van der Waals surface area contributed by atoms with Gasteiger partial charge in [0.1, 0.15) is 5.75 Å². The van der Waals surface area contributed by atoms with Gasteiger partial charge in [0.15, 0.2) is 6.61 Å². The molecule has 0 atom stereocenters. The number of sulfonamides is 1. The van der Waals surface area contributed by atoms with Gasteiger partial charge in [-0.2, -0.15) is 0 Å². The van der Waals surface area contributed by atoms with Crippen LogP contribution in [0.1, 0.15) is 21.5 Å². The van der Waals surface area contributed by atoms with Crippen LogP contribution in [-0.2, 0) is 32.5 Å². The van der Waals surface area contributed by atoms with Crippen LogP contribution in [0.3, 0.4) is 0 Å². The van der Waals surface area contributed by atoms with Crippen molar-refractivity contribution in [2.45, 2.75) is 17.9 Å². The maximum Gasteiger partial charge on any atom is 0.338 e. The number of nitrogens with one attached hydrogen (secondary N) is 1. The van der Waals surface area contributed by atoms with Crippen LogP contribution in [0.15, 0.2) is 77.7 Å². The second-order valence-corrected chi connectivity index (χ2v) is 9.55. The maximum atomic E-state index is 13.2. The third kappa shape index (κ3) is 5.04. The molecule has 3 aromatic rings. The van der Waals surface area contributed by atoms with E-state index in [2.05, 4.69) is 5.32 Å². The van der Waals surface area contributed by atoms with E-state index in [0.717, 1.165) is 11.1 Å². The average molecular weight is 481 g/mol. The summed E-state index contributed by atoms with van der Waals surface area (Å²) in [4.78, 5) is 24.5. The number of benzene rings is 3. The van der Waals surface area contributed by atoms with Gasteiger partial charge in [-0.25, -0.2) is 13.2 Å². The number of fused-ring (bicyclic) bond motifs is 1. The molecule has 0 unspecified atom stereocenters. The Morgan fingerprint density at radius 2 is 1.76 bits per heavy atom. The fraction of sp³-hybridized carbons (Fsp3) is 0.200. The number of ether oxygens (including phenoxy) is 2. The van der Waals surface area contributed by atoms with Crippen LogP contribution in [0.2, 0.25) is 0 Å². The van der Waals surface area contributed by atoms with E-state index in [-0.39, 0.29) is 17.0 Å². The molecule has 4 rings (SSSR count). The van der Waals surface area contributed by atoms with Crippen molar-refractivity contribution >= 4 is 27.6 Å². The third-order valence-electron chi connectivity index (χ3n) is 5.49. The summed E-state index contributed by atoms with van der Waals surface area (Å²) in [5, 5.41) is 2.67. The molecular weight excluding hydrogens is 456 g/mol. The summed E-state index contributed by atoms with van der Waals surface area (Å²) in [7, 11) is -2.28. The van der Waals surface area contributed by atoms with E-state index in [1.807, 2.05) is 24.3 Å². The van der Waals surface area contributed by atoms with Gasteiger partial charge in [0.25, 0.3) is 15.9 Å². The molecule has 1 aliphatic heterocycles. The lowest BCUT2D eigenvalue weighted by Gasteiger charge is -2.19. The summed E-state index contributed by atoms with van der Waals surface area (Å²) in [6.07, 6.45) is 0.628. The lowest BCUT2D eigenvalue weighted by molar-refractivity contribution is -0.124. The standard InChI is InChI=1S/C25H24N2O6S/c1-32-21-11-9-18(10-12-21)16-26-24(28)17-33-25(29)20-6-4-7-22(15-20)34(30,31)27-14-13-19-5-2-3-8-23(19)27/h2-12,15H,13-14,16-17H2,1H3,(H,26,28). The number of para-hydroxylation sites is 1. The zero-order valence-electron chi connectivity index (χ0n) is 18.6. The van der Waals surface area contributed by atoms with Gasteiger partial charge in [-0.05, 0) is 53.9 Å². The second-order valence-electron chi connectivity index (χ2n) is 7.68. The van der Waals surface area contributed by atoms with E-state index in [9.17, 15) is 18.0 Å². The number of esters is 1. The zero-order chi connectivity index (χ0) is 24.1. The van der Waals surface area contributed by atoms with E-state index in [1.54, 1.807) is 31.4 Å². The van der Waals surface area contributed by atoms with E-state index in [1.165, 1.54) is 28.6 Å². The quantitative estimate of drug-likeness (QED) is 0.498. The Morgan fingerprint density at radius 1 is 1.00 bits per heavy atom. The van der Waals surface area contributed by atoms with E-state index in [0.29, 0.717) is 24.4 Å². The smallest absolute Gasteiger partial charge is 0.338 e. The van der Waals surface area contributed by atoms with Gasteiger partial charge in [-0.3, -0.25) is 9.10 Å². The minimum absolute atomic E-state index is 0.0115. The first-order chi connectivity index (χ1) is 16.4. The Balaban J connectivity index is 1.36. The zero-order valence-corrected chi connectivity index (χ0v) is 19.4. The first-order valence-electron chi connectivity index (χ1n) is 10.7. The Labute approximate surface area is 198 Å². The topological polar surface area (TPSA) is 102 Å². The monoisotopic (exact) mass is 480 g/mol. The van der Waals surface area contributed by atoms with Crippen LogP contribution < -0.4 is 14.4 Å². The SMILES string of the molecule is COc1ccc(CNC(=O)COC(=O)c2cccc(S(=O)(=O)N3CCc4ccccc43)c2)cc1. The van der Waals surface area contributed by atoms with Crippen molar-refractivity contribution in [2.75, 3.05) is 24.6 Å². The van der Waals surface area contributed by atoms with Crippen LogP contribution in [0.4, 0.5) is 5.69 Å². The highest BCUT2D eigenvalue weighted by molar-refractivity contribution is 7.92. The van der Waals surface area contributed by atoms with Crippen LogP contribution in [0.5, 0.6) is 5.75 Å². The van der Waals surface area contributed by atoms with Gasteiger partial charge in [-0.15, -0.1) is 0 Å². The van der Waals surface area contributed by atoms with Crippen molar-refractivity contribution in [2.24, 2.45) is 0 Å². The number of hydrogen-bond donors (Lipinski definition) is 1. The highest BCUT2D eigenvalue weighted by Crippen LogP contribution is 2.32. The molecule has 0 bridgehead atoms. The minimum Gasteiger partial charge on any atom is -0.497 e. The molecule has 0 fully saturated rings. The Morgan fingerprint density at radius 3 is 2.53 bits per heavy atom. The molecule has 9 heteroatoms. The highest BCUT2D eigenvalue weighted by Gasteiger charge is 2.31. The molecule has 1 heterocycles. The van der Waals surface area contributed by atoms with Crippen molar-refractivity contribution in [1.29, 1.82) is 0 Å². The molecule has 0 radical (unpaired) electrons.